The van der Waals surface area contributed by atoms with Crippen LogP contribution in [0.3, 0.4) is 0 Å². The zero-order valence-corrected chi connectivity index (χ0v) is 11.0. The molecule has 0 spiro atoms. The maximum Gasteiger partial charge on any atom is 0.307 e. The van der Waals surface area contributed by atoms with Crippen LogP contribution in [0, 0.1) is 0 Å². The van der Waals surface area contributed by atoms with Crippen molar-refractivity contribution in [2.75, 3.05) is 0 Å². The zero-order valence-electron chi connectivity index (χ0n) is 10.2. The second-order valence-corrected chi connectivity index (χ2v) is 5.11. The molecule has 4 nitrogen and oxygen atoms in total. The molecule has 0 amide bonds. The van der Waals surface area contributed by atoms with Gasteiger partial charge < -0.3 is 5.11 Å². The maximum absolute atomic E-state index is 11.3. The van der Waals surface area contributed by atoms with Gasteiger partial charge in [0, 0.05) is 4.90 Å². The SMILES string of the molecule is CC(=O)C(Sc1ccc(CC(=O)O)cc1)C(C)=O. The van der Waals surface area contributed by atoms with Crippen LogP contribution in [0.25, 0.3) is 0 Å². The molecule has 0 aliphatic heterocycles. The van der Waals surface area contributed by atoms with Gasteiger partial charge in [0.15, 0.2) is 11.6 Å². The second kappa shape index (κ2) is 6.35. The third kappa shape index (κ3) is 4.33. The zero-order chi connectivity index (χ0) is 13.7. The van der Waals surface area contributed by atoms with Crippen molar-refractivity contribution in [3.8, 4) is 0 Å². The number of thioether (sulfide) groups is 1. The van der Waals surface area contributed by atoms with Crippen LogP contribution in [0.1, 0.15) is 19.4 Å². The van der Waals surface area contributed by atoms with Gasteiger partial charge in [0.25, 0.3) is 0 Å². The van der Waals surface area contributed by atoms with Crippen molar-refractivity contribution in [3.05, 3.63) is 29.8 Å². The van der Waals surface area contributed by atoms with Crippen molar-refractivity contribution >= 4 is 29.3 Å². The molecule has 0 aliphatic carbocycles. The number of carbonyl (C=O) groups excluding carboxylic acids is 2. The molecule has 1 aromatic rings. The Morgan fingerprint density at radius 3 is 2.00 bits per heavy atom. The van der Waals surface area contributed by atoms with Crippen molar-refractivity contribution in [1.29, 1.82) is 0 Å². The minimum absolute atomic E-state index is 0.0339. The summed E-state index contributed by atoms with van der Waals surface area (Å²) < 4.78 is 0. The molecule has 0 radical (unpaired) electrons. The fraction of sp³-hybridized carbons (Fsp3) is 0.308. The lowest BCUT2D eigenvalue weighted by Gasteiger charge is -2.09. The largest absolute Gasteiger partial charge is 0.481 e. The fourth-order valence-electron chi connectivity index (χ4n) is 1.45. The van der Waals surface area contributed by atoms with E-state index in [2.05, 4.69) is 0 Å². The van der Waals surface area contributed by atoms with Gasteiger partial charge in [0.1, 0.15) is 5.25 Å². The number of rotatable bonds is 6. The lowest BCUT2D eigenvalue weighted by Crippen LogP contribution is -2.21. The number of ketones is 2. The molecule has 0 saturated heterocycles. The van der Waals surface area contributed by atoms with E-state index < -0.39 is 11.2 Å². The summed E-state index contributed by atoms with van der Waals surface area (Å²) in [6, 6.07) is 6.82. The quantitative estimate of drug-likeness (QED) is 0.629. The maximum atomic E-state index is 11.3. The predicted molar refractivity (Wildman–Crippen MR) is 68.8 cm³/mol. The van der Waals surface area contributed by atoms with Crippen molar-refractivity contribution in [2.45, 2.75) is 30.4 Å². The van der Waals surface area contributed by atoms with Gasteiger partial charge in [-0.25, -0.2) is 0 Å². The summed E-state index contributed by atoms with van der Waals surface area (Å²) >= 11 is 1.19. The standard InChI is InChI=1S/C13H14O4S/c1-8(14)13(9(2)15)18-11-5-3-10(4-6-11)7-12(16)17/h3-6,13H,7H2,1-2H3,(H,16,17). The van der Waals surface area contributed by atoms with E-state index >= 15 is 0 Å². The number of carboxylic acid groups (broad SMARTS) is 1. The van der Waals surface area contributed by atoms with E-state index in [1.54, 1.807) is 24.3 Å². The summed E-state index contributed by atoms with van der Waals surface area (Å²) in [7, 11) is 0. The normalized spacial score (nSPS) is 10.4. The molecular formula is C13H14O4S. The molecule has 0 unspecified atom stereocenters. The van der Waals surface area contributed by atoms with E-state index in [-0.39, 0.29) is 18.0 Å². The minimum atomic E-state index is -0.888. The highest BCUT2D eigenvalue weighted by Crippen LogP contribution is 2.25. The van der Waals surface area contributed by atoms with Crippen LogP contribution < -0.4 is 0 Å². The average Bonchev–Trinajstić information content (AvgIpc) is 2.26. The second-order valence-electron chi connectivity index (χ2n) is 3.93. The first-order valence-corrected chi connectivity index (χ1v) is 6.26. The predicted octanol–water partition coefficient (Wildman–Crippen LogP) is 1.95. The van der Waals surface area contributed by atoms with Crippen LogP contribution >= 0.6 is 11.8 Å². The highest BCUT2D eigenvalue weighted by molar-refractivity contribution is 8.01. The van der Waals surface area contributed by atoms with Gasteiger partial charge in [-0.3, -0.25) is 14.4 Å². The molecule has 0 bridgehead atoms. The van der Waals surface area contributed by atoms with E-state index in [1.807, 2.05) is 0 Å². The Bertz CT molecular complexity index is 450. The summed E-state index contributed by atoms with van der Waals surface area (Å²) in [6.45, 7) is 2.77. The van der Waals surface area contributed by atoms with Gasteiger partial charge in [-0.1, -0.05) is 12.1 Å². The minimum Gasteiger partial charge on any atom is -0.481 e. The first-order chi connectivity index (χ1) is 8.40. The molecular weight excluding hydrogens is 252 g/mol. The Labute approximate surface area is 109 Å². The first kappa shape index (κ1) is 14.4. The smallest absolute Gasteiger partial charge is 0.307 e. The van der Waals surface area contributed by atoms with Gasteiger partial charge in [0.05, 0.1) is 6.42 Å². The fourth-order valence-corrected chi connectivity index (χ4v) is 2.35. The van der Waals surface area contributed by atoms with Gasteiger partial charge >= 0.3 is 5.97 Å². The third-order valence-corrected chi connectivity index (χ3v) is 3.71. The summed E-state index contributed by atoms with van der Waals surface area (Å²) in [5.74, 6) is -1.25. The third-order valence-electron chi connectivity index (χ3n) is 2.27. The van der Waals surface area contributed by atoms with Crippen LogP contribution in [0.4, 0.5) is 0 Å². The van der Waals surface area contributed by atoms with Crippen LogP contribution in [0.2, 0.25) is 0 Å². The molecule has 0 atom stereocenters. The lowest BCUT2D eigenvalue weighted by atomic mass is 10.2. The molecule has 1 rings (SSSR count). The highest BCUT2D eigenvalue weighted by atomic mass is 32.2. The number of hydrogen-bond donors (Lipinski definition) is 1. The Morgan fingerprint density at radius 2 is 1.61 bits per heavy atom. The van der Waals surface area contributed by atoms with Crippen molar-refractivity contribution in [1.82, 2.24) is 0 Å². The van der Waals surface area contributed by atoms with Crippen LogP contribution in [-0.4, -0.2) is 27.9 Å². The Hall–Kier alpha value is -1.62. The molecule has 96 valence electrons. The molecule has 0 saturated carbocycles. The number of Topliss-reactive ketones (excluding diaryl/α,β-unsaturated/α-hetero) is 2. The number of aliphatic carboxylic acids is 1. The molecule has 0 fully saturated rings. The van der Waals surface area contributed by atoms with Gasteiger partial charge in [-0.2, -0.15) is 0 Å². The Balaban J connectivity index is 2.76. The summed E-state index contributed by atoms with van der Waals surface area (Å²) in [6.07, 6.45) is -0.0339. The van der Waals surface area contributed by atoms with E-state index in [1.165, 1.54) is 25.6 Å². The summed E-state index contributed by atoms with van der Waals surface area (Å²) in [4.78, 5) is 33.9. The van der Waals surface area contributed by atoms with Crippen molar-refractivity contribution in [2.24, 2.45) is 0 Å². The lowest BCUT2D eigenvalue weighted by molar-refractivity contribution is -0.136. The first-order valence-electron chi connectivity index (χ1n) is 5.38. The molecule has 18 heavy (non-hydrogen) atoms. The van der Waals surface area contributed by atoms with E-state index in [0.717, 1.165) is 4.90 Å². The van der Waals surface area contributed by atoms with Gasteiger partial charge in [-0.15, -0.1) is 11.8 Å². The number of carboxylic acids is 1. The Kier molecular flexibility index (Phi) is 5.09. The van der Waals surface area contributed by atoms with Gasteiger partial charge in [-0.05, 0) is 31.5 Å². The van der Waals surface area contributed by atoms with Crippen molar-refractivity contribution < 1.29 is 19.5 Å². The number of hydrogen-bond acceptors (Lipinski definition) is 4. The van der Waals surface area contributed by atoms with Crippen LogP contribution in [0.15, 0.2) is 29.2 Å². The Morgan fingerprint density at radius 1 is 1.11 bits per heavy atom. The molecule has 1 aromatic carbocycles. The monoisotopic (exact) mass is 266 g/mol. The average molecular weight is 266 g/mol. The van der Waals surface area contributed by atoms with E-state index in [9.17, 15) is 14.4 Å². The summed E-state index contributed by atoms with van der Waals surface area (Å²) in [5, 5.41) is 7.95. The number of benzene rings is 1. The summed E-state index contributed by atoms with van der Waals surface area (Å²) in [5.41, 5.74) is 0.689. The number of carbonyl (C=O) groups is 3. The van der Waals surface area contributed by atoms with Gasteiger partial charge in [0.2, 0.25) is 0 Å². The molecule has 0 heterocycles. The molecule has 0 aliphatic rings. The van der Waals surface area contributed by atoms with Crippen LogP contribution in [-0.2, 0) is 20.8 Å². The molecule has 1 N–H and O–H groups in total. The van der Waals surface area contributed by atoms with Crippen molar-refractivity contribution in [3.63, 3.8) is 0 Å². The highest BCUT2D eigenvalue weighted by Gasteiger charge is 2.20. The topological polar surface area (TPSA) is 71.4 Å². The molecule has 5 heteroatoms. The molecule has 0 aromatic heterocycles. The van der Waals surface area contributed by atoms with E-state index in [0.29, 0.717) is 5.56 Å². The van der Waals surface area contributed by atoms with Crippen LogP contribution in [0.5, 0.6) is 0 Å². The van der Waals surface area contributed by atoms with E-state index in [4.69, 9.17) is 5.11 Å².